The lowest BCUT2D eigenvalue weighted by Gasteiger charge is -2.31. The molecule has 0 spiro atoms. The zero-order valence-corrected chi connectivity index (χ0v) is 16.6. The fourth-order valence-electron chi connectivity index (χ4n) is 4.45. The van der Waals surface area contributed by atoms with Crippen LogP contribution in [0.4, 0.5) is 5.82 Å². The van der Waals surface area contributed by atoms with Gasteiger partial charge in [0.25, 0.3) is 5.91 Å². The van der Waals surface area contributed by atoms with Crippen molar-refractivity contribution in [3.63, 3.8) is 0 Å². The maximum Gasteiger partial charge on any atom is 0.262 e. The molecule has 1 N–H and O–H groups in total. The van der Waals surface area contributed by atoms with E-state index in [1.165, 1.54) is 12.8 Å². The summed E-state index contributed by atoms with van der Waals surface area (Å²) in [7, 11) is 0. The molecule has 29 heavy (non-hydrogen) atoms. The number of hydrogen-bond acceptors (Lipinski definition) is 4. The van der Waals surface area contributed by atoms with Gasteiger partial charge >= 0.3 is 0 Å². The van der Waals surface area contributed by atoms with E-state index in [2.05, 4.69) is 33.4 Å². The first-order valence-corrected chi connectivity index (χ1v) is 10.4. The molecule has 1 saturated heterocycles. The minimum atomic E-state index is -0.390. The minimum absolute atomic E-state index is 0.0956. The van der Waals surface area contributed by atoms with Gasteiger partial charge in [-0.15, -0.1) is 0 Å². The van der Waals surface area contributed by atoms with E-state index in [1.54, 1.807) is 6.08 Å². The minimum Gasteiger partial charge on any atom is -0.357 e. The van der Waals surface area contributed by atoms with Gasteiger partial charge in [-0.1, -0.05) is 49.2 Å². The zero-order valence-electron chi connectivity index (χ0n) is 16.6. The largest absolute Gasteiger partial charge is 0.357 e. The Bertz CT molecular complexity index is 933. The van der Waals surface area contributed by atoms with Crippen molar-refractivity contribution >= 4 is 17.8 Å². The van der Waals surface area contributed by atoms with E-state index in [0.29, 0.717) is 5.69 Å². The predicted octanol–water partition coefficient (Wildman–Crippen LogP) is 4.17. The Morgan fingerprint density at radius 1 is 1.03 bits per heavy atom. The van der Waals surface area contributed by atoms with Gasteiger partial charge in [-0.3, -0.25) is 4.79 Å². The van der Waals surface area contributed by atoms with Crippen LogP contribution in [0.1, 0.15) is 49.8 Å². The van der Waals surface area contributed by atoms with Gasteiger partial charge in [-0.05, 0) is 49.5 Å². The Hall–Kier alpha value is -3.13. The molecular formula is C24H26N4O. The molecule has 0 unspecified atom stereocenters. The van der Waals surface area contributed by atoms with Crippen LogP contribution in [0.5, 0.6) is 0 Å². The summed E-state index contributed by atoms with van der Waals surface area (Å²) in [5.74, 6) is 0.581. The molecule has 2 aliphatic rings. The molecule has 1 aliphatic heterocycles. The molecule has 1 aliphatic carbocycles. The molecule has 1 saturated carbocycles. The van der Waals surface area contributed by atoms with Crippen LogP contribution in [0.3, 0.4) is 0 Å². The number of pyridine rings is 1. The maximum atomic E-state index is 13.0. The fourth-order valence-corrected chi connectivity index (χ4v) is 4.45. The normalized spacial score (nSPS) is 18.4. The third-order valence-corrected chi connectivity index (χ3v) is 5.98. The molecule has 1 aromatic heterocycles. The van der Waals surface area contributed by atoms with Gasteiger partial charge in [0.1, 0.15) is 17.5 Å². The van der Waals surface area contributed by atoms with Crippen LogP contribution in [0.2, 0.25) is 0 Å². The summed E-state index contributed by atoms with van der Waals surface area (Å²) < 4.78 is 0. The molecule has 2 fully saturated rings. The van der Waals surface area contributed by atoms with E-state index < -0.39 is 0 Å². The topological polar surface area (TPSA) is 69.0 Å². The Morgan fingerprint density at radius 3 is 2.45 bits per heavy atom. The molecule has 1 aromatic carbocycles. The second kappa shape index (κ2) is 8.48. The molecule has 5 nitrogen and oxygen atoms in total. The molecule has 4 rings (SSSR count). The molecule has 5 heteroatoms. The summed E-state index contributed by atoms with van der Waals surface area (Å²) in [6.07, 6.45) is 7.88. The number of carbonyl (C=O) groups excluding carboxylic acids is 1. The van der Waals surface area contributed by atoms with Crippen molar-refractivity contribution in [1.29, 1.82) is 5.26 Å². The van der Waals surface area contributed by atoms with Crippen LogP contribution in [-0.2, 0) is 10.3 Å². The quantitative estimate of drug-likeness (QED) is 0.618. The summed E-state index contributed by atoms with van der Waals surface area (Å²) in [5, 5.41) is 12.8. The molecule has 1 amide bonds. The third kappa shape index (κ3) is 4.17. The Kier molecular flexibility index (Phi) is 5.62. The highest BCUT2D eigenvalue weighted by molar-refractivity contribution is 6.02. The number of hydrogen-bond donors (Lipinski definition) is 1. The number of carbonyl (C=O) groups is 1. The predicted molar refractivity (Wildman–Crippen MR) is 114 cm³/mol. The number of nitriles is 1. The van der Waals surface area contributed by atoms with Crippen molar-refractivity contribution in [3.8, 4) is 6.07 Å². The highest BCUT2D eigenvalue weighted by Gasteiger charge is 2.37. The number of nitrogens with zero attached hydrogens (tertiary/aromatic N) is 3. The molecule has 148 valence electrons. The number of rotatable bonds is 5. The van der Waals surface area contributed by atoms with E-state index in [0.717, 1.165) is 50.2 Å². The van der Waals surface area contributed by atoms with Gasteiger partial charge in [0.2, 0.25) is 0 Å². The van der Waals surface area contributed by atoms with Gasteiger partial charge < -0.3 is 10.2 Å². The zero-order chi connectivity index (χ0) is 20.1. The molecule has 2 aromatic rings. The van der Waals surface area contributed by atoms with E-state index in [1.807, 2.05) is 36.4 Å². The number of amides is 1. The van der Waals surface area contributed by atoms with Crippen molar-refractivity contribution < 1.29 is 4.79 Å². The van der Waals surface area contributed by atoms with Crippen molar-refractivity contribution in [1.82, 2.24) is 10.3 Å². The van der Waals surface area contributed by atoms with E-state index in [-0.39, 0.29) is 17.0 Å². The van der Waals surface area contributed by atoms with Crippen LogP contribution >= 0.6 is 0 Å². The van der Waals surface area contributed by atoms with E-state index >= 15 is 0 Å². The van der Waals surface area contributed by atoms with Crippen molar-refractivity contribution in [2.45, 2.75) is 44.1 Å². The standard InChI is InChI=1S/C24H26N4O/c25-18-19(17-21-11-8-12-22(26-21)28-15-6-7-16-28)23(29)27-24(13-4-5-14-24)20-9-2-1-3-10-20/h1-3,8-12,17H,4-7,13-16H2,(H,27,29)/b19-17+. The summed E-state index contributed by atoms with van der Waals surface area (Å²) in [6, 6.07) is 17.9. The van der Waals surface area contributed by atoms with Gasteiger partial charge in [0, 0.05) is 13.1 Å². The summed E-state index contributed by atoms with van der Waals surface area (Å²) in [6.45, 7) is 2.01. The van der Waals surface area contributed by atoms with Crippen LogP contribution in [0.25, 0.3) is 6.08 Å². The van der Waals surface area contributed by atoms with Crippen LogP contribution < -0.4 is 10.2 Å². The fraction of sp³-hybridized carbons (Fsp3) is 0.375. The lowest BCUT2D eigenvalue weighted by atomic mass is 9.88. The maximum absolute atomic E-state index is 13.0. The average molecular weight is 386 g/mol. The second-order valence-electron chi connectivity index (χ2n) is 7.89. The lowest BCUT2D eigenvalue weighted by molar-refractivity contribution is -0.119. The second-order valence-corrected chi connectivity index (χ2v) is 7.89. The van der Waals surface area contributed by atoms with Crippen LogP contribution in [-0.4, -0.2) is 24.0 Å². The molecular weight excluding hydrogens is 360 g/mol. The Labute approximate surface area is 172 Å². The number of benzene rings is 1. The third-order valence-electron chi connectivity index (χ3n) is 5.98. The number of nitrogens with one attached hydrogen (secondary N) is 1. The highest BCUT2D eigenvalue weighted by atomic mass is 16.1. The number of aromatic nitrogens is 1. The number of anilines is 1. The summed E-state index contributed by atoms with van der Waals surface area (Å²) in [4.78, 5) is 19.9. The van der Waals surface area contributed by atoms with E-state index in [4.69, 9.17) is 0 Å². The smallest absolute Gasteiger partial charge is 0.262 e. The summed E-state index contributed by atoms with van der Waals surface area (Å²) in [5.41, 5.74) is 1.45. The van der Waals surface area contributed by atoms with Crippen LogP contribution in [0, 0.1) is 11.3 Å². The monoisotopic (exact) mass is 386 g/mol. The van der Waals surface area contributed by atoms with Gasteiger partial charge in [-0.25, -0.2) is 4.98 Å². The highest BCUT2D eigenvalue weighted by Crippen LogP contribution is 2.38. The van der Waals surface area contributed by atoms with Crippen LogP contribution in [0.15, 0.2) is 54.1 Å². The summed E-state index contributed by atoms with van der Waals surface area (Å²) >= 11 is 0. The average Bonchev–Trinajstić information content (AvgIpc) is 3.46. The molecule has 0 radical (unpaired) electrons. The van der Waals surface area contributed by atoms with Crippen molar-refractivity contribution in [2.75, 3.05) is 18.0 Å². The first-order valence-electron chi connectivity index (χ1n) is 10.4. The molecule has 0 bridgehead atoms. The van der Waals surface area contributed by atoms with Gasteiger partial charge in [0.15, 0.2) is 0 Å². The van der Waals surface area contributed by atoms with Crippen molar-refractivity contribution in [3.05, 3.63) is 65.4 Å². The molecule has 0 atom stereocenters. The van der Waals surface area contributed by atoms with Gasteiger partial charge in [0.05, 0.1) is 11.2 Å². The Balaban J connectivity index is 1.57. The SMILES string of the molecule is N#C/C(=C\c1cccc(N2CCCC2)n1)C(=O)NC1(c2ccccc2)CCCC1. The first-order chi connectivity index (χ1) is 14.2. The first kappa shape index (κ1) is 19.2. The van der Waals surface area contributed by atoms with Gasteiger partial charge in [-0.2, -0.15) is 5.26 Å². The Morgan fingerprint density at radius 2 is 1.76 bits per heavy atom. The van der Waals surface area contributed by atoms with Crippen molar-refractivity contribution in [2.24, 2.45) is 0 Å². The van der Waals surface area contributed by atoms with E-state index in [9.17, 15) is 10.1 Å². The lowest BCUT2D eigenvalue weighted by Crippen LogP contribution is -2.44. The molecule has 2 heterocycles.